The zero-order valence-electron chi connectivity index (χ0n) is 15.4. The fourth-order valence-electron chi connectivity index (χ4n) is 2.46. The Morgan fingerprint density at radius 1 is 0.846 bits per heavy atom. The van der Waals surface area contributed by atoms with Gasteiger partial charge in [-0.15, -0.1) is 0 Å². The van der Waals surface area contributed by atoms with Crippen LogP contribution >= 0.6 is 0 Å². The number of hydrazine groups is 1. The van der Waals surface area contributed by atoms with Crippen molar-refractivity contribution in [2.45, 2.75) is 45.4 Å². The Morgan fingerprint density at radius 3 is 1.96 bits per heavy atom. The summed E-state index contributed by atoms with van der Waals surface area (Å²) in [5.74, 6) is -0.949. The highest BCUT2D eigenvalue weighted by Gasteiger charge is 2.13. The molecule has 0 heterocycles. The number of halogens is 1. The predicted octanol–water partition coefficient (Wildman–Crippen LogP) is 3.45. The zero-order valence-corrected chi connectivity index (χ0v) is 15.4. The van der Waals surface area contributed by atoms with Crippen LogP contribution in [0.15, 0.2) is 48.5 Å². The van der Waals surface area contributed by atoms with E-state index >= 15 is 0 Å². The van der Waals surface area contributed by atoms with Crippen molar-refractivity contribution in [3.8, 4) is 0 Å². The number of nitrogens with one attached hydrogen (secondary N) is 2. The molecule has 2 aromatic rings. The Labute approximate surface area is 153 Å². The standard InChI is InChI=1S/C21H25FN2O2/c1-21(2,3)17-9-4-15(5-10-17)8-13-19(25)23-24-20(26)14-16-6-11-18(22)12-7-16/h4-7,9-12H,8,13-14H2,1-3H3,(H,23,25)(H,24,26). The number of rotatable bonds is 5. The number of benzene rings is 2. The first kappa shape index (κ1) is 19.6. The quantitative estimate of drug-likeness (QED) is 0.806. The van der Waals surface area contributed by atoms with Crippen molar-refractivity contribution in [2.75, 3.05) is 0 Å². The lowest BCUT2D eigenvalue weighted by molar-refractivity contribution is -0.128. The average molecular weight is 356 g/mol. The molecule has 138 valence electrons. The molecule has 2 aromatic carbocycles. The highest BCUT2D eigenvalue weighted by atomic mass is 19.1. The van der Waals surface area contributed by atoms with Crippen LogP contribution in [-0.2, 0) is 27.8 Å². The fraction of sp³-hybridized carbons (Fsp3) is 0.333. The topological polar surface area (TPSA) is 58.2 Å². The molecule has 0 radical (unpaired) electrons. The van der Waals surface area contributed by atoms with Crippen molar-refractivity contribution in [1.82, 2.24) is 10.9 Å². The van der Waals surface area contributed by atoms with E-state index in [-0.39, 0.29) is 35.9 Å². The van der Waals surface area contributed by atoms with Gasteiger partial charge in [0.15, 0.2) is 0 Å². The molecule has 4 nitrogen and oxygen atoms in total. The second kappa shape index (κ2) is 8.61. The number of hydrogen-bond acceptors (Lipinski definition) is 2. The smallest absolute Gasteiger partial charge is 0.242 e. The van der Waals surface area contributed by atoms with Gasteiger partial charge in [0.25, 0.3) is 0 Å². The monoisotopic (exact) mass is 356 g/mol. The second-order valence-corrected chi connectivity index (χ2v) is 7.35. The van der Waals surface area contributed by atoms with E-state index in [0.29, 0.717) is 12.0 Å². The summed E-state index contributed by atoms with van der Waals surface area (Å²) < 4.78 is 12.8. The Morgan fingerprint density at radius 2 is 1.38 bits per heavy atom. The molecule has 0 unspecified atom stereocenters. The summed E-state index contributed by atoms with van der Waals surface area (Å²) >= 11 is 0. The van der Waals surface area contributed by atoms with Crippen LogP contribution in [0.2, 0.25) is 0 Å². The Bertz CT molecular complexity index is 747. The molecule has 0 saturated heterocycles. The SMILES string of the molecule is CC(C)(C)c1ccc(CCC(=O)NNC(=O)Cc2ccc(F)cc2)cc1. The first-order chi connectivity index (χ1) is 12.2. The number of hydrogen-bond donors (Lipinski definition) is 2. The van der Waals surface area contributed by atoms with E-state index in [4.69, 9.17) is 0 Å². The van der Waals surface area contributed by atoms with E-state index < -0.39 is 0 Å². The maximum atomic E-state index is 12.8. The third-order valence-electron chi connectivity index (χ3n) is 4.08. The van der Waals surface area contributed by atoms with Crippen LogP contribution in [-0.4, -0.2) is 11.8 Å². The lowest BCUT2D eigenvalue weighted by Gasteiger charge is -2.19. The highest BCUT2D eigenvalue weighted by molar-refractivity contribution is 5.83. The van der Waals surface area contributed by atoms with Crippen LogP contribution in [0.25, 0.3) is 0 Å². The summed E-state index contributed by atoms with van der Waals surface area (Å²) in [7, 11) is 0. The van der Waals surface area contributed by atoms with Gasteiger partial charge in [-0.05, 0) is 40.7 Å². The maximum absolute atomic E-state index is 12.8. The van der Waals surface area contributed by atoms with E-state index in [0.717, 1.165) is 5.56 Å². The van der Waals surface area contributed by atoms with Crippen LogP contribution in [0.3, 0.4) is 0 Å². The van der Waals surface area contributed by atoms with Gasteiger partial charge in [-0.3, -0.25) is 20.4 Å². The lowest BCUT2D eigenvalue weighted by Crippen LogP contribution is -2.42. The van der Waals surface area contributed by atoms with Gasteiger partial charge in [0.1, 0.15) is 5.82 Å². The van der Waals surface area contributed by atoms with Crippen molar-refractivity contribution in [2.24, 2.45) is 0 Å². The maximum Gasteiger partial charge on any atom is 0.242 e. The minimum Gasteiger partial charge on any atom is -0.273 e. The van der Waals surface area contributed by atoms with Crippen molar-refractivity contribution in [3.05, 3.63) is 71.0 Å². The van der Waals surface area contributed by atoms with E-state index in [9.17, 15) is 14.0 Å². The third-order valence-corrected chi connectivity index (χ3v) is 4.08. The molecule has 0 bridgehead atoms. The van der Waals surface area contributed by atoms with E-state index in [2.05, 4.69) is 43.8 Å². The van der Waals surface area contributed by atoms with Gasteiger partial charge in [0, 0.05) is 6.42 Å². The van der Waals surface area contributed by atoms with E-state index in [1.54, 1.807) is 0 Å². The predicted molar refractivity (Wildman–Crippen MR) is 99.9 cm³/mol. The second-order valence-electron chi connectivity index (χ2n) is 7.35. The molecule has 0 spiro atoms. The number of carbonyl (C=O) groups excluding carboxylic acids is 2. The fourth-order valence-corrected chi connectivity index (χ4v) is 2.46. The Kier molecular flexibility index (Phi) is 6.50. The molecule has 2 amide bonds. The first-order valence-electron chi connectivity index (χ1n) is 8.65. The van der Waals surface area contributed by atoms with Gasteiger partial charge >= 0.3 is 0 Å². The summed E-state index contributed by atoms with van der Waals surface area (Å²) in [5.41, 5.74) is 7.89. The third kappa shape index (κ3) is 6.31. The largest absolute Gasteiger partial charge is 0.273 e. The molecule has 0 atom stereocenters. The molecule has 26 heavy (non-hydrogen) atoms. The molecule has 0 aliphatic carbocycles. The molecule has 0 aromatic heterocycles. The van der Waals surface area contributed by atoms with Crippen molar-refractivity contribution in [3.63, 3.8) is 0 Å². The molecule has 2 N–H and O–H groups in total. The Balaban J connectivity index is 1.73. The lowest BCUT2D eigenvalue weighted by atomic mass is 9.86. The highest BCUT2D eigenvalue weighted by Crippen LogP contribution is 2.22. The normalized spacial score (nSPS) is 11.1. The number of amides is 2. The average Bonchev–Trinajstić information content (AvgIpc) is 2.60. The van der Waals surface area contributed by atoms with Crippen LogP contribution in [0, 0.1) is 5.82 Å². The summed E-state index contributed by atoms with van der Waals surface area (Å²) in [6.45, 7) is 6.47. The van der Waals surface area contributed by atoms with Crippen molar-refractivity contribution in [1.29, 1.82) is 0 Å². The molecule has 0 aliphatic rings. The summed E-state index contributed by atoms with van der Waals surface area (Å²) in [4.78, 5) is 23.7. The van der Waals surface area contributed by atoms with Crippen LogP contribution in [0.5, 0.6) is 0 Å². The van der Waals surface area contributed by atoms with E-state index in [1.165, 1.54) is 29.8 Å². The van der Waals surface area contributed by atoms with Crippen molar-refractivity contribution < 1.29 is 14.0 Å². The van der Waals surface area contributed by atoms with Gasteiger partial charge in [0.05, 0.1) is 6.42 Å². The molecule has 5 heteroatoms. The summed E-state index contributed by atoms with van der Waals surface area (Å²) in [6.07, 6.45) is 0.963. The number of aryl methyl sites for hydroxylation is 1. The van der Waals surface area contributed by atoms with E-state index in [1.807, 2.05) is 12.1 Å². The molecule has 2 rings (SSSR count). The molecular weight excluding hydrogens is 331 g/mol. The van der Waals surface area contributed by atoms with Gasteiger partial charge in [0.2, 0.25) is 11.8 Å². The minimum absolute atomic E-state index is 0.0782. The van der Waals surface area contributed by atoms with Gasteiger partial charge in [-0.1, -0.05) is 57.2 Å². The molecule has 0 aliphatic heterocycles. The molecule has 0 fully saturated rings. The van der Waals surface area contributed by atoms with Gasteiger partial charge < -0.3 is 0 Å². The Hall–Kier alpha value is -2.69. The van der Waals surface area contributed by atoms with Crippen molar-refractivity contribution >= 4 is 11.8 Å². The minimum atomic E-state index is -0.349. The molecule has 0 saturated carbocycles. The first-order valence-corrected chi connectivity index (χ1v) is 8.65. The molecular formula is C21H25FN2O2. The summed E-state index contributed by atoms with van der Waals surface area (Å²) in [5, 5.41) is 0. The van der Waals surface area contributed by atoms with Crippen LogP contribution in [0.1, 0.15) is 43.9 Å². The zero-order chi connectivity index (χ0) is 19.2. The van der Waals surface area contributed by atoms with Crippen LogP contribution < -0.4 is 10.9 Å². The summed E-state index contributed by atoms with van der Waals surface area (Å²) in [6, 6.07) is 13.9. The van der Waals surface area contributed by atoms with Gasteiger partial charge in [-0.25, -0.2) is 4.39 Å². The number of carbonyl (C=O) groups is 2. The van der Waals surface area contributed by atoms with Gasteiger partial charge in [-0.2, -0.15) is 0 Å². The van der Waals surface area contributed by atoms with Crippen LogP contribution in [0.4, 0.5) is 4.39 Å².